The molecule has 3 rings (SSSR count). The number of nitrogens with two attached hydrogens (primary N) is 1. The van der Waals surface area contributed by atoms with Crippen LogP contribution in [0, 0.1) is 0 Å². The van der Waals surface area contributed by atoms with E-state index in [1.165, 1.54) is 0 Å². The van der Waals surface area contributed by atoms with Crippen LogP contribution in [0.15, 0.2) is 46.6 Å². The molecule has 4 nitrogen and oxygen atoms in total. The maximum Gasteiger partial charge on any atom is 0.186 e. The number of pyridine rings is 1. The summed E-state index contributed by atoms with van der Waals surface area (Å²) in [6.45, 7) is 0. The van der Waals surface area contributed by atoms with Gasteiger partial charge in [-0.25, -0.2) is 0 Å². The molecule has 0 spiro atoms. The third kappa shape index (κ3) is 1.70. The first-order valence-electron chi connectivity index (χ1n) is 5.05. The number of rotatable bonds is 2. The Morgan fingerprint density at radius 1 is 1.24 bits per heavy atom. The van der Waals surface area contributed by atoms with E-state index in [9.17, 15) is 0 Å². The molecule has 0 bridgehead atoms. The third-order valence-electron chi connectivity index (χ3n) is 2.41. The number of nitrogens with zero attached hydrogens (tertiary/aromatic N) is 2. The van der Waals surface area contributed by atoms with Gasteiger partial charge in [-0.3, -0.25) is 4.98 Å². The van der Waals surface area contributed by atoms with Gasteiger partial charge in [0.05, 0.1) is 10.4 Å². The predicted molar refractivity (Wildman–Crippen MR) is 67.5 cm³/mol. The molecule has 3 aromatic rings. The summed E-state index contributed by atoms with van der Waals surface area (Å²) >= 11 is 1.59. The monoisotopic (exact) mass is 243 g/mol. The largest absolute Gasteiger partial charge is 0.380 e. The van der Waals surface area contributed by atoms with Crippen molar-refractivity contribution in [2.45, 2.75) is 0 Å². The van der Waals surface area contributed by atoms with Crippen LogP contribution < -0.4 is 5.73 Å². The number of thiophene rings is 1. The highest BCUT2D eigenvalue weighted by Crippen LogP contribution is 2.37. The van der Waals surface area contributed by atoms with E-state index in [4.69, 9.17) is 10.3 Å². The Labute approximate surface area is 102 Å². The lowest BCUT2D eigenvalue weighted by Gasteiger charge is -1.99. The minimum Gasteiger partial charge on any atom is -0.380 e. The molecule has 0 aromatic carbocycles. The fourth-order valence-electron chi connectivity index (χ4n) is 1.67. The maximum absolute atomic E-state index is 5.85. The minimum absolute atomic E-state index is 0.390. The molecule has 0 saturated carbocycles. The van der Waals surface area contributed by atoms with Crippen molar-refractivity contribution in [2.24, 2.45) is 0 Å². The molecule has 3 heterocycles. The second-order valence-corrected chi connectivity index (χ2v) is 4.44. The molecule has 0 unspecified atom stereocenters. The number of nitrogen functional groups attached to an aromatic ring is 1. The van der Waals surface area contributed by atoms with E-state index in [2.05, 4.69) is 10.1 Å². The summed E-state index contributed by atoms with van der Waals surface area (Å²) in [5.41, 5.74) is 7.57. The van der Waals surface area contributed by atoms with E-state index < -0.39 is 0 Å². The average molecular weight is 243 g/mol. The van der Waals surface area contributed by atoms with Crippen LogP contribution in [0.2, 0.25) is 0 Å². The molecule has 3 aromatic heterocycles. The van der Waals surface area contributed by atoms with Gasteiger partial charge in [0.25, 0.3) is 0 Å². The van der Waals surface area contributed by atoms with Gasteiger partial charge in [-0.05, 0) is 17.5 Å². The van der Waals surface area contributed by atoms with E-state index >= 15 is 0 Å². The Morgan fingerprint density at radius 3 is 2.88 bits per heavy atom. The van der Waals surface area contributed by atoms with Crippen molar-refractivity contribution in [1.29, 1.82) is 0 Å². The number of hydrogen-bond donors (Lipinski definition) is 1. The van der Waals surface area contributed by atoms with Gasteiger partial charge in [-0.2, -0.15) is 0 Å². The zero-order chi connectivity index (χ0) is 11.7. The van der Waals surface area contributed by atoms with E-state index in [1.807, 2.05) is 29.6 Å². The van der Waals surface area contributed by atoms with Gasteiger partial charge in [-0.1, -0.05) is 17.3 Å². The van der Waals surface area contributed by atoms with Crippen LogP contribution in [0.4, 0.5) is 5.82 Å². The first kappa shape index (κ1) is 10.0. The Balaban J connectivity index is 2.20. The molecule has 84 valence electrons. The highest BCUT2D eigenvalue weighted by Gasteiger charge is 2.18. The van der Waals surface area contributed by atoms with Gasteiger partial charge in [0.15, 0.2) is 11.6 Å². The highest BCUT2D eigenvalue weighted by molar-refractivity contribution is 7.13. The maximum atomic E-state index is 5.85. The van der Waals surface area contributed by atoms with Gasteiger partial charge in [0, 0.05) is 18.0 Å². The molecule has 0 radical (unpaired) electrons. The van der Waals surface area contributed by atoms with Crippen molar-refractivity contribution in [3.8, 4) is 21.8 Å². The second-order valence-electron chi connectivity index (χ2n) is 3.49. The summed E-state index contributed by atoms with van der Waals surface area (Å²) in [6.07, 6.45) is 3.47. The first-order valence-corrected chi connectivity index (χ1v) is 5.93. The van der Waals surface area contributed by atoms with E-state index in [-0.39, 0.29) is 0 Å². The van der Waals surface area contributed by atoms with Crippen LogP contribution in [-0.4, -0.2) is 10.1 Å². The van der Waals surface area contributed by atoms with Crippen molar-refractivity contribution in [2.75, 3.05) is 5.73 Å². The van der Waals surface area contributed by atoms with Gasteiger partial charge in [0.1, 0.15) is 0 Å². The van der Waals surface area contributed by atoms with Crippen LogP contribution in [0.3, 0.4) is 0 Å². The standard InChI is InChI=1S/C12H9N3OS/c13-12-10(8-3-1-5-14-7-8)11(16-15-12)9-4-2-6-17-9/h1-7H,(H2,13,15). The van der Waals surface area contributed by atoms with Crippen LogP contribution in [0.25, 0.3) is 21.8 Å². The molecule has 0 atom stereocenters. The average Bonchev–Trinajstić information content (AvgIpc) is 2.98. The molecule has 5 heteroatoms. The third-order valence-corrected chi connectivity index (χ3v) is 3.28. The number of hydrogen-bond acceptors (Lipinski definition) is 5. The molecule has 0 amide bonds. The lowest BCUT2D eigenvalue weighted by atomic mass is 10.1. The lowest BCUT2D eigenvalue weighted by Crippen LogP contribution is -1.88. The Kier molecular flexibility index (Phi) is 2.38. The number of aromatic nitrogens is 2. The van der Waals surface area contributed by atoms with Crippen LogP contribution in [0.5, 0.6) is 0 Å². The molecule has 0 fully saturated rings. The van der Waals surface area contributed by atoms with Crippen LogP contribution in [0.1, 0.15) is 0 Å². The molecule has 17 heavy (non-hydrogen) atoms. The Hall–Kier alpha value is -2.14. The van der Waals surface area contributed by atoms with E-state index in [0.29, 0.717) is 11.6 Å². The molecule has 0 saturated heterocycles. The quantitative estimate of drug-likeness (QED) is 0.751. The van der Waals surface area contributed by atoms with E-state index in [0.717, 1.165) is 16.0 Å². The van der Waals surface area contributed by atoms with E-state index in [1.54, 1.807) is 23.7 Å². The molecule has 0 aliphatic heterocycles. The SMILES string of the molecule is Nc1noc(-c2cccs2)c1-c1cccnc1. The summed E-state index contributed by atoms with van der Waals surface area (Å²) in [5, 5.41) is 5.82. The fraction of sp³-hybridized carbons (Fsp3) is 0. The summed E-state index contributed by atoms with van der Waals surface area (Å²) in [7, 11) is 0. The van der Waals surface area contributed by atoms with Crippen molar-refractivity contribution >= 4 is 17.2 Å². The molecular weight excluding hydrogens is 234 g/mol. The van der Waals surface area contributed by atoms with Crippen LogP contribution in [-0.2, 0) is 0 Å². The highest BCUT2D eigenvalue weighted by atomic mass is 32.1. The van der Waals surface area contributed by atoms with Crippen molar-refractivity contribution < 1.29 is 4.52 Å². The second kappa shape index (κ2) is 4.03. The fourth-order valence-corrected chi connectivity index (χ4v) is 2.38. The summed E-state index contributed by atoms with van der Waals surface area (Å²) in [6, 6.07) is 7.74. The zero-order valence-corrected chi connectivity index (χ0v) is 9.65. The zero-order valence-electron chi connectivity index (χ0n) is 8.83. The smallest absolute Gasteiger partial charge is 0.186 e. The van der Waals surface area contributed by atoms with Crippen LogP contribution >= 0.6 is 11.3 Å². The van der Waals surface area contributed by atoms with Gasteiger partial charge < -0.3 is 10.3 Å². The van der Waals surface area contributed by atoms with Crippen molar-refractivity contribution in [3.05, 3.63) is 42.0 Å². The lowest BCUT2D eigenvalue weighted by molar-refractivity contribution is 0.437. The van der Waals surface area contributed by atoms with Gasteiger partial charge >= 0.3 is 0 Å². The Morgan fingerprint density at radius 2 is 2.18 bits per heavy atom. The van der Waals surface area contributed by atoms with Gasteiger partial charge in [-0.15, -0.1) is 11.3 Å². The van der Waals surface area contributed by atoms with Crippen molar-refractivity contribution in [1.82, 2.24) is 10.1 Å². The summed E-state index contributed by atoms with van der Waals surface area (Å²) in [4.78, 5) is 5.09. The molecule has 0 aliphatic carbocycles. The number of anilines is 1. The topological polar surface area (TPSA) is 64.9 Å². The summed E-state index contributed by atoms with van der Waals surface area (Å²) < 4.78 is 5.30. The minimum atomic E-state index is 0.390. The molecule has 2 N–H and O–H groups in total. The predicted octanol–water partition coefficient (Wildman–Crippen LogP) is 3.05. The Bertz CT molecular complexity index is 617. The van der Waals surface area contributed by atoms with Crippen molar-refractivity contribution in [3.63, 3.8) is 0 Å². The summed E-state index contributed by atoms with van der Waals surface area (Å²) in [5.74, 6) is 1.09. The first-order chi connectivity index (χ1) is 8.36. The molecular formula is C12H9N3OS. The molecule has 0 aliphatic rings. The normalized spacial score (nSPS) is 10.6. The van der Waals surface area contributed by atoms with Gasteiger partial charge in [0.2, 0.25) is 0 Å².